The average molecular weight is 250 g/mol. The van der Waals surface area contributed by atoms with Crippen molar-refractivity contribution in [3.63, 3.8) is 0 Å². The normalized spacial score (nSPS) is 11.4. The van der Waals surface area contributed by atoms with E-state index < -0.39 is 9.84 Å². The smallest absolute Gasteiger partial charge is 0.237 e. The van der Waals surface area contributed by atoms with E-state index in [9.17, 15) is 13.2 Å². The van der Waals surface area contributed by atoms with E-state index >= 15 is 0 Å². The van der Waals surface area contributed by atoms with Crippen LogP contribution in [0.4, 0.5) is 0 Å². The van der Waals surface area contributed by atoms with Gasteiger partial charge < -0.3 is 10.6 Å². The summed E-state index contributed by atoms with van der Waals surface area (Å²) in [6.07, 6.45) is 1.21. The molecule has 0 spiro atoms. The minimum atomic E-state index is -3.27. The largest absolute Gasteiger partial charge is 0.342 e. The maximum atomic E-state index is 11.6. The highest BCUT2D eigenvalue weighted by Crippen LogP contribution is 2.00. The van der Waals surface area contributed by atoms with E-state index in [-0.39, 0.29) is 17.4 Å². The van der Waals surface area contributed by atoms with Crippen LogP contribution in [0.15, 0.2) is 0 Å². The van der Waals surface area contributed by atoms with Crippen LogP contribution >= 0.6 is 0 Å². The van der Waals surface area contributed by atoms with Crippen LogP contribution in [0.1, 0.15) is 26.7 Å². The Morgan fingerprint density at radius 3 is 2.19 bits per heavy atom. The molecule has 0 atom stereocenters. The van der Waals surface area contributed by atoms with Gasteiger partial charge in [0.2, 0.25) is 5.91 Å². The van der Waals surface area contributed by atoms with Crippen LogP contribution in [0.25, 0.3) is 0 Å². The standard InChI is InChI=1S/C10H22N2O3S/c1-3-12(4-2)10(13)9-16(14,15)8-6-5-7-11/h3-9,11H2,1-2H3. The number of nitrogens with two attached hydrogens (primary N) is 1. The van der Waals surface area contributed by atoms with Gasteiger partial charge in [0.05, 0.1) is 5.75 Å². The molecule has 0 aromatic carbocycles. The highest BCUT2D eigenvalue weighted by molar-refractivity contribution is 7.92. The Labute approximate surface area is 97.9 Å². The molecule has 0 aliphatic heterocycles. The van der Waals surface area contributed by atoms with Crippen molar-refractivity contribution in [1.82, 2.24) is 4.90 Å². The van der Waals surface area contributed by atoms with Crippen LogP contribution in [0.5, 0.6) is 0 Å². The van der Waals surface area contributed by atoms with E-state index in [0.717, 1.165) is 0 Å². The molecule has 0 radical (unpaired) electrons. The van der Waals surface area contributed by atoms with Gasteiger partial charge in [-0.15, -0.1) is 0 Å². The van der Waals surface area contributed by atoms with Gasteiger partial charge in [0.25, 0.3) is 0 Å². The maximum Gasteiger partial charge on any atom is 0.237 e. The van der Waals surface area contributed by atoms with E-state index in [1.54, 1.807) is 0 Å². The zero-order chi connectivity index (χ0) is 12.6. The molecule has 0 saturated carbocycles. The molecule has 96 valence electrons. The molecular weight excluding hydrogens is 228 g/mol. The third-order valence-corrected chi connectivity index (χ3v) is 3.97. The number of carbonyl (C=O) groups excluding carboxylic acids is 1. The van der Waals surface area contributed by atoms with E-state index in [1.807, 2.05) is 13.8 Å². The molecule has 0 aromatic heterocycles. The van der Waals surface area contributed by atoms with Crippen LogP contribution in [0.3, 0.4) is 0 Å². The number of hydrogen-bond acceptors (Lipinski definition) is 4. The molecule has 0 fully saturated rings. The van der Waals surface area contributed by atoms with Crippen molar-refractivity contribution in [3.05, 3.63) is 0 Å². The molecule has 0 saturated heterocycles. The number of amides is 1. The molecule has 0 aliphatic carbocycles. The monoisotopic (exact) mass is 250 g/mol. The molecular formula is C10H22N2O3S. The summed E-state index contributed by atoms with van der Waals surface area (Å²) in [5.41, 5.74) is 5.28. The second-order valence-electron chi connectivity index (χ2n) is 3.65. The van der Waals surface area contributed by atoms with Gasteiger partial charge in [-0.25, -0.2) is 8.42 Å². The number of sulfone groups is 1. The zero-order valence-electron chi connectivity index (χ0n) is 10.1. The maximum absolute atomic E-state index is 11.6. The van der Waals surface area contributed by atoms with Crippen molar-refractivity contribution < 1.29 is 13.2 Å². The second kappa shape index (κ2) is 7.62. The van der Waals surface area contributed by atoms with Gasteiger partial charge in [0.15, 0.2) is 9.84 Å². The van der Waals surface area contributed by atoms with Gasteiger partial charge in [0.1, 0.15) is 5.75 Å². The van der Waals surface area contributed by atoms with Crippen molar-refractivity contribution in [3.8, 4) is 0 Å². The number of rotatable bonds is 8. The lowest BCUT2D eigenvalue weighted by atomic mass is 10.3. The first-order valence-electron chi connectivity index (χ1n) is 5.65. The van der Waals surface area contributed by atoms with E-state index in [1.165, 1.54) is 4.90 Å². The highest BCUT2D eigenvalue weighted by atomic mass is 32.2. The first kappa shape index (κ1) is 15.4. The quantitative estimate of drug-likeness (QED) is 0.615. The number of carbonyl (C=O) groups is 1. The predicted octanol–water partition coefficient (Wildman–Crippen LogP) is 0.00850. The SMILES string of the molecule is CCN(CC)C(=O)CS(=O)(=O)CCCCN. The Hall–Kier alpha value is -0.620. The summed E-state index contributed by atoms with van der Waals surface area (Å²) < 4.78 is 23.1. The lowest BCUT2D eigenvalue weighted by Gasteiger charge is -2.18. The van der Waals surface area contributed by atoms with Crippen LogP contribution in [0, 0.1) is 0 Å². The predicted molar refractivity (Wildman–Crippen MR) is 64.9 cm³/mol. The lowest BCUT2D eigenvalue weighted by Crippen LogP contribution is -2.36. The van der Waals surface area contributed by atoms with Crippen LogP contribution in [0.2, 0.25) is 0 Å². The molecule has 6 heteroatoms. The molecule has 0 unspecified atom stereocenters. The number of unbranched alkanes of at least 4 members (excludes halogenated alkanes) is 1. The summed E-state index contributed by atoms with van der Waals surface area (Å²) in [7, 11) is -3.27. The number of nitrogens with zero attached hydrogens (tertiary/aromatic N) is 1. The van der Waals surface area contributed by atoms with Gasteiger partial charge in [0, 0.05) is 13.1 Å². The van der Waals surface area contributed by atoms with Crippen molar-refractivity contribution >= 4 is 15.7 Å². The Kier molecular flexibility index (Phi) is 7.33. The molecule has 1 amide bonds. The lowest BCUT2D eigenvalue weighted by molar-refractivity contribution is -0.128. The van der Waals surface area contributed by atoms with Crippen LogP contribution in [-0.4, -0.2) is 50.4 Å². The van der Waals surface area contributed by atoms with Gasteiger partial charge in [-0.1, -0.05) is 0 Å². The summed E-state index contributed by atoms with van der Waals surface area (Å²) in [4.78, 5) is 13.1. The summed E-state index contributed by atoms with van der Waals surface area (Å²) in [5.74, 6) is -0.631. The van der Waals surface area contributed by atoms with Gasteiger partial charge in [-0.2, -0.15) is 0 Å². The zero-order valence-corrected chi connectivity index (χ0v) is 10.9. The van der Waals surface area contributed by atoms with E-state index in [0.29, 0.717) is 32.5 Å². The summed E-state index contributed by atoms with van der Waals surface area (Å²) in [6.45, 7) is 5.26. The van der Waals surface area contributed by atoms with E-state index in [2.05, 4.69) is 0 Å². The van der Waals surface area contributed by atoms with Crippen molar-refractivity contribution in [1.29, 1.82) is 0 Å². The Morgan fingerprint density at radius 2 is 1.75 bits per heavy atom. The molecule has 0 rings (SSSR count). The molecule has 0 aliphatic rings. The third kappa shape index (κ3) is 6.07. The third-order valence-electron chi connectivity index (χ3n) is 2.37. The fraction of sp³-hybridized carbons (Fsp3) is 0.900. The molecule has 2 N–H and O–H groups in total. The summed E-state index contributed by atoms with van der Waals surface area (Å²) in [5, 5.41) is 0. The van der Waals surface area contributed by atoms with Crippen molar-refractivity contribution in [2.45, 2.75) is 26.7 Å². The fourth-order valence-corrected chi connectivity index (χ4v) is 2.74. The molecule has 0 bridgehead atoms. The first-order chi connectivity index (χ1) is 7.46. The van der Waals surface area contributed by atoms with Crippen molar-refractivity contribution in [2.24, 2.45) is 5.73 Å². The molecule has 0 heterocycles. The molecule has 0 aromatic rings. The highest BCUT2D eigenvalue weighted by Gasteiger charge is 2.19. The minimum Gasteiger partial charge on any atom is -0.342 e. The minimum absolute atomic E-state index is 0.0528. The molecule has 5 nitrogen and oxygen atoms in total. The molecule has 16 heavy (non-hydrogen) atoms. The van der Waals surface area contributed by atoms with Gasteiger partial charge in [-0.05, 0) is 33.2 Å². The Morgan fingerprint density at radius 1 is 1.19 bits per heavy atom. The second-order valence-corrected chi connectivity index (χ2v) is 5.84. The summed E-state index contributed by atoms with van der Waals surface area (Å²) >= 11 is 0. The van der Waals surface area contributed by atoms with E-state index in [4.69, 9.17) is 5.73 Å². The van der Waals surface area contributed by atoms with Crippen molar-refractivity contribution in [2.75, 3.05) is 31.1 Å². The summed E-state index contributed by atoms with van der Waals surface area (Å²) in [6, 6.07) is 0. The topological polar surface area (TPSA) is 80.5 Å². The Bertz CT molecular complexity index is 297. The Balaban J connectivity index is 4.19. The van der Waals surface area contributed by atoms with Gasteiger partial charge >= 0.3 is 0 Å². The number of hydrogen-bond donors (Lipinski definition) is 1. The van der Waals surface area contributed by atoms with Crippen LogP contribution in [-0.2, 0) is 14.6 Å². The first-order valence-corrected chi connectivity index (χ1v) is 7.47. The average Bonchev–Trinajstić information content (AvgIpc) is 2.18. The fourth-order valence-electron chi connectivity index (χ4n) is 1.39. The van der Waals surface area contributed by atoms with Gasteiger partial charge in [-0.3, -0.25) is 4.79 Å². The van der Waals surface area contributed by atoms with Crippen LogP contribution < -0.4 is 5.73 Å².